The van der Waals surface area contributed by atoms with Crippen molar-refractivity contribution in [1.82, 2.24) is 4.57 Å². The van der Waals surface area contributed by atoms with E-state index in [4.69, 9.17) is 0 Å². The van der Waals surface area contributed by atoms with Crippen molar-refractivity contribution < 1.29 is 4.57 Å². The third-order valence-corrected chi connectivity index (χ3v) is 8.91. The highest BCUT2D eigenvalue weighted by atomic mass is 15.1. The van der Waals surface area contributed by atoms with Crippen molar-refractivity contribution in [3.05, 3.63) is 18.2 Å². The van der Waals surface area contributed by atoms with Gasteiger partial charge in [0, 0.05) is 6.42 Å². The summed E-state index contributed by atoms with van der Waals surface area (Å²) in [5.74, 6) is 1.54. The van der Waals surface area contributed by atoms with Gasteiger partial charge >= 0.3 is 0 Å². The Bertz CT molecular complexity index is 555. The van der Waals surface area contributed by atoms with E-state index in [9.17, 15) is 0 Å². The molecule has 1 heterocycles. The van der Waals surface area contributed by atoms with Crippen LogP contribution in [0.1, 0.15) is 206 Å². The Morgan fingerprint density at radius 2 is 0.769 bits per heavy atom. The molecule has 0 saturated carbocycles. The van der Waals surface area contributed by atoms with E-state index in [1.807, 2.05) is 0 Å². The number of imidazole rings is 1. The summed E-state index contributed by atoms with van der Waals surface area (Å²) in [6.07, 6.45) is 46.2. The van der Waals surface area contributed by atoms with Crippen molar-refractivity contribution in [3.63, 3.8) is 0 Å². The van der Waals surface area contributed by atoms with Crippen LogP contribution in [0.15, 0.2) is 12.4 Å². The molecular weight excluding hydrogens is 472 g/mol. The number of rotatable bonds is 31. The summed E-state index contributed by atoms with van der Waals surface area (Å²) in [7, 11) is 0. The van der Waals surface area contributed by atoms with E-state index in [0.717, 1.165) is 6.42 Å². The highest BCUT2D eigenvalue weighted by molar-refractivity contribution is 4.83. The van der Waals surface area contributed by atoms with Gasteiger partial charge in [-0.15, -0.1) is 0 Å². The smallest absolute Gasteiger partial charge is 0.234 e. The van der Waals surface area contributed by atoms with Crippen LogP contribution < -0.4 is 4.57 Å². The van der Waals surface area contributed by atoms with Crippen LogP contribution in [0.5, 0.6) is 0 Å². The number of nitrogens with zero attached hydrogens (tertiary/aromatic N) is 2. The number of aryl methyl sites for hydroxylation is 2. The maximum atomic E-state index is 2.55. The van der Waals surface area contributed by atoms with Gasteiger partial charge in [0.2, 0.25) is 0 Å². The van der Waals surface area contributed by atoms with Gasteiger partial charge < -0.3 is 0 Å². The Hall–Kier alpha value is -0.790. The summed E-state index contributed by atoms with van der Waals surface area (Å²) >= 11 is 0. The lowest BCUT2D eigenvalue weighted by molar-refractivity contribution is -0.704. The number of hydrogen-bond donors (Lipinski definition) is 0. The highest BCUT2D eigenvalue weighted by Gasteiger charge is 2.14. The van der Waals surface area contributed by atoms with E-state index < -0.39 is 0 Å². The maximum Gasteiger partial charge on any atom is 0.256 e. The van der Waals surface area contributed by atoms with Gasteiger partial charge in [0.15, 0.2) is 0 Å². The normalized spacial score (nSPS) is 11.6. The average molecular weight is 546 g/mol. The predicted octanol–water partition coefficient (Wildman–Crippen LogP) is 12.3. The van der Waals surface area contributed by atoms with Crippen LogP contribution in [0.2, 0.25) is 0 Å². The third kappa shape index (κ3) is 21.6. The first kappa shape index (κ1) is 36.2. The topological polar surface area (TPSA) is 8.81 Å². The van der Waals surface area contributed by atoms with Gasteiger partial charge in [-0.1, -0.05) is 175 Å². The molecule has 0 unspecified atom stereocenters. The second-order valence-electron chi connectivity index (χ2n) is 12.6. The van der Waals surface area contributed by atoms with Crippen LogP contribution in [-0.4, -0.2) is 4.57 Å². The molecule has 1 aromatic rings. The van der Waals surface area contributed by atoms with E-state index >= 15 is 0 Å². The molecule has 0 saturated heterocycles. The van der Waals surface area contributed by atoms with Crippen LogP contribution in [0, 0.1) is 0 Å². The summed E-state index contributed by atoms with van der Waals surface area (Å²) in [6.45, 7) is 9.37. The summed E-state index contributed by atoms with van der Waals surface area (Å²) in [5, 5.41) is 0. The van der Waals surface area contributed by atoms with E-state index in [0.29, 0.717) is 0 Å². The molecule has 1 aromatic heterocycles. The molecule has 2 nitrogen and oxygen atoms in total. The van der Waals surface area contributed by atoms with Gasteiger partial charge in [0.1, 0.15) is 12.4 Å². The molecule has 0 bridgehead atoms. The lowest BCUT2D eigenvalue weighted by Gasteiger charge is -2.05. The fraction of sp³-hybridized carbons (Fsp3) is 0.919. The first-order valence-corrected chi connectivity index (χ1v) is 18.4. The van der Waals surface area contributed by atoms with Crippen molar-refractivity contribution in [2.45, 2.75) is 220 Å². The lowest BCUT2D eigenvalue weighted by atomic mass is 10.0. The Morgan fingerprint density at radius 3 is 1.13 bits per heavy atom. The minimum atomic E-state index is 1.16. The zero-order valence-corrected chi connectivity index (χ0v) is 27.5. The summed E-state index contributed by atoms with van der Waals surface area (Å²) in [4.78, 5) is 0. The molecule has 2 heteroatoms. The molecule has 0 atom stereocenters. The fourth-order valence-corrected chi connectivity index (χ4v) is 6.26. The molecule has 0 amide bonds. The van der Waals surface area contributed by atoms with Crippen molar-refractivity contribution in [2.24, 2.45) is 0 Å². The van der Waals surface area contributed by atoms with E-state index in [2.05, 4.69) is 42.3 Å². The molecule has 0 aromatic carbocycles. The summed E-state index contributed by atoms with van der Waals surface area (Å²) in [6, 6.07) is 0. The fourth-order valence-electron chi connectivity index (χ4n) is 6.26. The maximum absolute atomic E-state index is 2.55. The quantitative estimate of drug-likeness (QED) is 0.0648. The van der Waals surface area contributed by atoms with Gasteiger partial charge in [-0.25, -0.2) is 9.13 Å². The van der Waals surface area contributed by atoms with Crippen molar-refractivity contribution in [3.8, 4) is 0 Å². The molecule has 0 N–H and O–H groups in total. The molecule has 1 rings (SSSR count). The first-order valence-electron chi connectivity index (χ1n) is 18.4. The Labute approximate surface area is 247 Å². The van der Waals surface area contributed by atoms with Crippen molar-refractivity contribution in [2.75, 3.05) is 0 Å². The van der Waals surface area contributed by atoms with Gasteiger partial charge in [-0.05, 0) is 25.7 Å². The van der Waals surface area contributed by atoms with E-state index in [-0.39, 0.29) is 0 Å². The number of hydrogen-bond acceptors (Lipinski definition) is 0. The molecule has 0 fully saturated rings. The monoisotopic (exact) mass is 546 g/mol. The Kier molecular flexibility index (Phi) is 26.7. The van der Waals surface area contributed by atoms with Crippen LogP contribution >= 0.6 is 0 Å². The Morgan fingerprint density at radius 1 is 0.436 bits per heavy atom. The molecular formula is C37H73N2+. The highest BCUT2D eigenvalue weighted by Crippen LogP contribution is 2.15. The number of unbranched alkanes of at least 4 members (excludes halogenated alkanes) is 26. The summed E-state index contributed by atoms with van der Waals surface area (Å²) in [5.41, 5.74) is 0. The molecule has 0 aliphatic carbocycles. The van der Waals surface area contributed by atoms with E-state index in [1.54, 1.807) is 5.82 Å². The largest absolute Gasteiger partial charge is 0.256 e. The van der Waals surface area contributed by atoms with Crippen LogP contribution in [0.3, 0.4) is 0 Å². The minimum absolute atomic E-state index is 1.16. The van der Waals surface area contributed by atoms with Gasteiger partial charge in [0.25, 0.3) is 5.82 Å². The third-order valence-electron chi connectivity index (χ3n) is 8.91. The zero-order chi connectivity index (χ0) is 28.1. The Balaban J connectivity index is 1.95. The first-order chi connectivity index (χ1) is 19.3. The van der Waals surface area contributed by atoms with Crippen LogP contribution in [0.4, 0.5) is 0 Å². The standard InChI is InChI=1S/C37H73N2/c1-4-7-9-11-13-15-17-19-21-23-25-27-29-31-33-38-35-36-39(37(38)6-3)34-32-30-28-26-24-22-20-18-16-14-12-10-8-5-2/h35-36H,4-34H2,1-3H3/q+1. The lowest BCUT2D eigenvalue weighted by Crippen LogP contribution is -2.37. The molecule has 230 valence electrons. The molecule has 0 radical (unpaired) electrons. The minimum Gasteiger partial charge on any atom is -0.234 e. The predicted molar refractivity (Wildman–Crippen MR) is 175 cm³/mol. The molecule has 0 aliphatic heterocycles. The van der Waals surface area contributed by atoms with Crippen molar-refractivity contribution >= 4 is 0 Å². The average Bonchev–Trinajstić information content (AvgIpc) is 3.34. The SMILES string of the molecule is CCCCCCCCCCCCCCCCn1cc[n+](CCCCCCCCCCCCCCCC)c1CC. The molecule has 0 aliphatic rings. The van der Waals surface area contributed by atoms with Crippen molar-refractivity contribution in [1.29, 1.82) is 0 Å². The zero-order valence-electron chi connectivity index (χ0n) is 27.5. The summed E-state index contributed by atoms with van der Waals surface area (Å²) < 4.78 is 5.09. The molecule has 0 spiro atoms. The van der Waals surface area contributed by atoms with Gasteiger partial charge in [-0.2, -0.15) is 0 Å². The number of aromatic nitrogens is 2. The van der Waals surface area contributed by atoms with Gasteiger partial charge in [0.05, 0.1) is 13.1 Å². The molecule has 39 heavy (non-hydrogen) atoms. The van der Waals surface area contributed by atoms with E-state index in [1.165, 1.54) is 193 Å². The second-order valence-corrected chi connectivity index (χ2v) is 12.6. The van der Waals surface area contributed by atoms with Crippen LogP contribution in [0.25, 0.3) is 0 Å². The second kappa shape index (κ2) is 28.7. The van der Waals surface area contributed by atoms with Gasteiger partial charge in [-0.3, -0.25) is 0 Å². The van der Waals surface area contributed by atoms with Crippen LogP contribution in [-0.2, 0) is 19.5 Å².